The molecular weight excluding hydrogens is 414 g/mol. The molecule has 1 aliphatic rings. The number of aromatic nitrogens is 1. The second kappa shape index (κ2) is 8.72. The molecule has 7 nitrogen and oxygen atoms in total. The van der Waals surface area contributed by atoms with E-state index in [1.165, 1.54) is 0 Å². The highest BCUT2D eigenvalue weighted by molar-refractivity contribution is 7.89. The zero-order chi connectivity index (χ0) is 22.0. The molecule has 0 aliphatic carbocycles. The van der Waals surface area contributed by atoms with Crippen molar-refractivity contribution in [3.8, 4) is 11.5 Å². The lowest BCUT2D eigenvalue weighted by atomic mass is 10.1. The largest absolute Gasteiger partial charge is 0.493 e. The lowest BCUT2D eigenvalue weighted by Crippen LogP contribution is -2.41. The van der Waals surface area contributed by atoms with E-state index < -0.39 is 10.0 Å². The van der Waals surface area contributed by atoms with E-state index in [4.69, 9.17) is 9.47 Å². The van der Waals surface area contributed by atoms with Gasteiger partial charge in [0.25, 0.3) is 0 Å². The summed E-state index contributed by atoms with van der Waals surface area (Å²) in [5.74, 6) is 1.92. The number of pyridine rings is 1. The summed E-state index contributed by atoms with van der Waals surface area (Å²) in [7, 11) is -0.329. The predicted octanol–water partition coefficient (Wildman–Crippen LogP) is 4.56. The fraction of sp³-hybridized carbons (Fsp3) is 0.348. The van der Waals surface area contributed by atoms with Crippen molar-refractivity contribution in [1.82, 2.24) is 9.29 Å². The first-order valence-corrected chi connectivity index (χ1v) is 11.8. The van der Waals surface area contributed by atoms with Crippen molar-refractivity contribution in [2.24, 2.45) is 0 Å². The SMILES string of the molecule is COc1ccc(Nc2ccc3cc(S(=O)(=O)N4CCCCC4C)ccc3n2)cc1OC. The maximum absolute atomic E-state index is 13.1. The number of nitrogens with zero attached hydrogens (tertiary/aromatic N) is 2. The van der Waals surface area contributed by atoms with Crippen LogP contribution in [-0.4, -0.2) is 44.5 Å². The Labute approximate surface area is 183 Å². The number of piperidine rings is 1. The molecule has 1 saturated heterocycles. The Morgan fingerprint density at radius 3 is 2.55 bits per heavy atom. The summed E-state index contributed by atoms with van der Waals surface area (Å²) in [6, 6.07) is 14.4. The highest BCUT2D eigenvalue weighted by Gasteiger charge is 2.31. The molecule has 0 saturated carbocycles. The average molecular weight is 442 g/mol. The van der Waals surface area contributed by atoms with Crippen LogP contribution in [0, 0.1) is 0 Å². The molecule has 1 atom stereocenters. The summed E-state index contributed by atoms with van der Waals surface area (Å²) >= 11 is 0. The summed E-state index contributed by atoms with van der Waals surface area (Å²) in [4.78, 5) is 4.94. The molecule has 1 aromatic heterocycles. The van der Waals surface area contributed by atoms with Gasteiger partial charge in [0.15, 0.2) is 11.5 Å². The molecule has 1 aliphatic heterocycles. The second-order valence-electron chi connectivity index (χ2n) is 7.71. The molecule has 1 unspecified atom stereocenters. The third-order valence-corrected chi connectivity index (χ3v) is 7.67. The van der Waals surface area contributed by atoms with Gasteiger partial charge in [-0.2, -0.15) is 4.31 Å². The first-order chi connectivity index (χ1) is 14.9. The summed E-state index contributed by atoms with van der Waals surface area (Å²) in [6.07, 6.45) is 2.88. The number of methoxy groups -OCH3 is 2. The Bertz CT molecular complexity index is 1200. The minimum Gasteiger partial charge on any atom is -0.493 e. The zero-order valence-corrected chi connectivity index (χ0v) is 18.8. The Morgan fingerprint density at radius 2 is 1.81 bits per heavy atom. The molecule has 31 heavy (non-hydrogen) atoms. The van der Waals surface area contributed by atoms with E-state index in [0.29, 0.717) is 28.8 Å². The minimum atomic E-state index is -3.51. The summed E-state index contributed by atoms with van der Waals surface area (Å²) < 4.78 is 38.5. The molecule has 4 rings (SSSR count). The molecule has 8 heteroatoms. The van der Waals surface area contributed by atoms with Crippen LogP contribution in [0.25, 0.3) is 10.9 Å². The van der Waals surface area contributed by atoms with Crippen LogP contribution in [0.4, 0.5) is 11.5 Å². The van der Waals surface area contributed by atoms with Crippen LogP contribution in [0.5, 0.6) is 11.5 Å². The van der Waals surface area contributed by atoms with E-state index in [1.54, 1.807) is 36.7 Å². The van der Waals surface area contributed by atoms with Crippen molar-refractivity contribution in [3.05, 3.63) is 48.5 Å². The summed E-state index contributed by atoms with van der Waals surface area (Å²) in [5, 5.41) is 4.03. The Kier molecular flexibility index (Phi) is 6.02. The molecule has 164 valence electrons. The second-order valence-corrected chi connectivity index (χ2v) is 9.60. The monoisotopic (exact) mass is 441 g/mol. The first kappa shape index (κ1) is 21.4. The van der Waals surface area contributed by atoms with E-state index in [9.17, 15) is 8.42 Å². The van der Waals surface area contributed by atoms with Crippen molar-refractivity contribution in [2.45, 2.75) is 37.1 Å². The van der Waals surface area contributed by atoms with E-state index in [0.717, 1.165) is 35.9 Å². The van der Waals surface area contributed by atoms with Gasteiger partial charge >= 0.3 is 0 Å². The first-order valence-electron chi connectivity index (χ1n) is 10.3. The maximum Gasteiger partial charge on any atom is 0.243 e. The third kappa shape index (κ3) is 4.31. The van der Waals surface area contributed by atoms with E-state index in [-0.39, 0.29) is 6.04 Å². The molecule has 0 spiro atoms. The maximum atomic E-state index is 13.1. The van der Waals surface area contributed by atoms with Gasteiger partial charge in [0.1, 0.15) is 5.82 Å². The quantitative estimate of drug-likeness (QED) is 0.604. The summed E-state index contributed by atoms with van der Waals surface area (Å²) in [6.45, 7) is 2.55. The number of anilines is 2. The van der Waals surface area contributed by atoms with Crippen LogP contribution in [0.3, 0.4) is 0 Å². The van der Waals surface area contributed by atoms with Gasteiger partial charge < -0.3 is 14.8 Å². The molecular formula is C23H27N3O4S. The zero-order valence-electron chi connectivity index (χ0n) is 18.0. The average Bonchev–Trinajstić information content (AvgIpc) is 2.78. The normalized spacial score (nSPS) is 17.5. The highest BCUT2D eigenvalue weighted by atomic mass is 32.2. The molecule has 0 amide bonds. The van der Waals surface area contributed by atoms with E-state index in [2.05, 4.69) is 10.3 Å². The number of rotatable bonds is 6. The van der Waals surface area contributed by atoms with Crippen LogP contribution < -0.4 is 14.8 Å². The van der Waals surface area contributed by atoms with Gasteiger partial charge in [0, 0.05) is 29.7 Å². The molecule has 3 aromatic rings. The van der Waals surface area contributed by atoms with E-state index in [1.807, 2.05) is 37.3 Å². The fourth-order valence-electron chi connectivity index (χ4n) is 3.96. The van der Waals surface area contributed by atoms with Crippen molar-refractivity contribution in [1.29, 1.82) is 0 Å². The summed E-state index contributed by atoms with van der Waals surface area (Å²) in [5.41, 5.74) is 1.53. The minimum absolute atomic E-state index is 0.0284. The van der Waals surface area contributed by atoms with Crippen LogP contribution in [0.1, 0.15) is 26.2 Å². The van der Waals surface area contributed by atoms with Crippen LogP contribution in [-0.2, 0) is 10.0 Å². The highest BCUT2D eigenvalue weighted by Crippen LogP contribution is 2.32. The molecule has 1 fully saturated rings. The lowest BCUT2D eigenvalue weighted by molar-refractivity contribution is 0.268. The third-order valence-electron chi connectivity index (χ3n) is 5.67. The van der Waals surface area contributed by atoms with Crippen molar-refractivity contribution < 1.29 is 17.9 Å². The molecule has 0 bridgehead atoms. The number of benzene rings is 2. The molecule has 2 aromatic carbocycles. The van der Waals surface area contributed by atoms with Gasteiger partial charge in [0.2, 0.25) is 10.0 Å². The number of ether oxygens (including phenoxy) is 2. The number of hydrogen-bond donors (Lipinski definition) is 1. The van der Waals surface area contributed by atoms with Crippen LogP contribution in [0.15, 0.2) is 53.4 Å². The number of hydrogen-bond acceptors (Lipinski definition) is 6. The van der Waals surface area contributed by atoms with Gasteiger partial charge in [-0.25, -0.2) is 13.4 Å². The van der Waals surface area contributed by atoms with Crippen molar-refractivity contribution in [3.63, 3.8) is 0 Å². The van der Waals surface area contributed by atoms with E-state index >= 15 is 0 Å². The topological polar surface area (TPSA) is 80.8 Å². The predicted molar refractivity (Wildman–Crippen MR) is 122 cm³/mol. The van der Waals surface area contributed by atoms with Gasteiger partial charge in [-0.1, -0.05) is 6.42 Å². The van der Waals surface area contributed by atoms with Crippen LogP contribution in [0.2, 0.25) is 0 Å². The number of nitrogens with one attached hydrogen (secondary N) is 1. The Hall–Kier alpha value is -2.84. The van der Waals surface area contributed by atoms with Crippen molar-refractivity contribution in [2.75, 3.05) is 26.1 Å². The van der Waals surface area contributed by atoms with Gasteiger partial charge in [-0.3, -0.25) is 0 Å². The fourth-order valence-corrected chi connectivity index (χ4v) is 5.70. The molecule has 2 heterocycles. The standard InChI is InChI=1S/C23H27N3O4S/c1-16-6-4-5-13-26(16)31(27,28)19-9-10-20-17(14-19)7-12-23(25-20)24-18-8-11-21(29-2)22(15-18)30-3/h7-12,14-16H,4-6,13H2,1-3H3,(H,24,25). The Balaban J connectivity index is 1.60. The van der Waals surface area contributed by atoms with Gasteiger partial charge in [-0.05, 0) is 62.2 Å². The lowest BCUT2D eigenvalue weighted by Gasteiger charge is -2.32. The van der Waals surface area contributed by atoms with Crippen LogP contribution >= 0.6 is 0 Å². The smallest absolute Gasteiger partial charge is 0.243 e. The molecule has 0 radical (unpaired) electrons. The van der Waals surface area contributed by atoms with Gasteiger partial charge in [-0.15, -0.1) is 0 Å². The van der Waals surface area contributed by atoms with Crippen molar-refractivity contribution >= 4 is 32.4 Å². The number of fused-ring (bicyclic) bond motifs is 1. The van der Waals surface area contributed by atoms with Gasteiger partial charge in [0.05, 0.1) is 24.6 Å². The molecule has 1 N–H and O–H groups in total. The Morgan fingerprint density at radius 1 is 1.00 bits per heavy atom. The number of sulfonamides is 1.